The lowest BCUT2D eigenvalue weighted by Crippen LogP contribution is -2.53. The maximum Gasteiger partial charge on any atom is 0.410 e. The van der Waals surface area contributed by atoms with Crippen molar-refractivity contribution in [2.75, 3.05) is 24.9 Å². The summed E-state index contributed by atoms with van der Waals surface area (Å²) < 4.78 is 132. The van der Waals surface area contributed by atoms with Crippen LogP contribution < -0.4 is 4.90 Å². The van der Waals surface area contributed by atoms with Crippen LogP contribution in [-0.2, 0) is 4.74 Å². The summed E-state index contributed by atoms with van der Waals surface area (Å²) in [6, 6.07) is -3.07. The van der Waals surface area contributed by atoms with Gasteiger partial charge >= 0.3 is 6.09 Å². The molecule has 2 unspecified atom stereocenters. The number of carbonyl (C=O) groups is 1. The number of aromatic amines is 1. The first kappa shape index (κ1) is 6.78. The van der Waals surface area contributed by atoms with Crippen LogP contribution in [0.1, 0.15) is 54.6 Å². The average molecular weight is 361 g/mol. The largest absolute Gasteiger partial charge is 0.444 e. The smallest absolute Gasteiger partial charge is 0.410 e. The lowest BCUT2D eigenvalue weighted by atomic mass is 9.92. The number of nitrogens with one attached hydrogen (secondary N) is 1. The zero-order valence-corrected chi connectivity index (χ0v) is 13.8. The van der Waals surface area contributed by atoms with Gasteiger partial charge in [0.15, 0.2) is 0 Å². The highest BCUT2D eigenvalue weighted by Gasteiger charge is 2.34. The van der Waals surface area contributed by atoms with E-state index in [0.29, 0.717) is 0 Å². The fourth-order valence-corrected chi connectivity index (χ4v) is 2.01. The average Bonchev–Trinajstić information content (AvgIpc) is 3.16. The summed E-state index contributed by atoms with van der Waals surface area (Å²) in [5.41, 5.74) is -1.63. The third-order valence-electron chi connectivity index (χ3n) is 3.04. The highest BCUT2D eigenvalue weighted by Crippen LogP contribution is 2.29. The molecule has 0 radical (unpaired) electrons. The first-order valence-electron chi connectivity index (χ1n) is 14.8. The third kappa shape index (κ3) is 3.70. The zero-order valence-electron chi connectivity index (χ0n) is 28.8. The van der Waals surface area contributed by atoms with E-state index in [2.05, 4.69) is 15.0 Å². The van der Waals surface area contributed by atoms with Crippen LogP contribution in [-0.4, -0.2) is 57.5 Å². The van der Waals surface area contributed by atoms with E-state index >= 15 is 0 Å². The van der Waals surface area contributed by atoms with Crippen LogP contribution in [0, 0.1) is 5.89 Å². The molecule has 0 bridgehead atoms. The van der Waals surface area contributed by atoms with Gasteiger partial charge in [-0.1, -0.05) is 6.85 Å². The zero-order chi connectivity index (χ0) is 31.3. The Hall–Kier alpha value is -2.31. The van der Waals surface area contributed by atoms with Gasteiger partial charge in [0.25, 0.3) is 0 Å². The highest BCUT2D eigenvalue weighted by molar-refractivity contribution is 5.87. The Kier molecular flexibility index (Phi) is 1.77. The number of rotatable bonds is 2. The third-order valence-corrected chi connectivity index (χ3v) is 3.04. The number of fused-ring (bicyclic) bond motifs is 1. The first-order chi connectivity index (χ1) is 17.6. The standard InChI is InChI=1S/C18H27N5O2/c1-12-7-9-23(17(24)25-18(2,3)4)10-14(12)22(5)16-13-6-8-19-15(13)20-11-21-16/h6,8,11-12,14H,7,9-10H2,1-5H3,(H,19,20,21)/i1D3,5D3,7D2,9D2,10D2,11D,12D,14D. The van der Waals surface area contributed by atoms with Crippen LogP contribution in [0.5, 0.6) is 0 Å². The molecule has 2 aromatic rings. The van der Waals surface area contributed by atoms with E-state index < -0.39 is 73.8 Å². The van der Waals surface area contributed by atoms with Crippen LogP contribution in [0.2, 0.25) is 0 Å². The molecule has 1 aliphatic rings. The van der Waals surface area contributed by atoms with E-state index in [-0.39, 0.29) is 15.9 Å². The van der Waals surface area contributed by atoms with Crippen LogP contribution in [0.4, 0.5) is 10.6 Å². The number of amides is 1. The summed E-state index contributed by atoms with van der Waals surface area (Å²) >= 11 is 0. The minimum absolute atomic E-state index is 0.198. The molecule has 2 atom stereocenters. The van der Waals surface area contributed by atoms with Crippen LogP contribution in [0.25, 0.3) is 11.0 Å². The molecule has 2 aromatic heterocycles. The Morgan fingerprint density at radius 2 is 2.44 bits per heavy atom. The van der Waals surface area contributed by atoms with E-state index in [9.17, 15) is 6.17 Å². The number of anilines is 1. The van der Waals surface area contributed by atoms with Gasteiger partial charge in [-0.05, 0) is 39.1 Å². The summed E-state index contributed by atoms with van der Waals surface area (Å²) in [4.78, 5) is 22.5. The minimum atomic E-state index is -4.29. The van der Waals surface area contributed by atoms with Crippen molar-refractivity contribution in [2.45, 2.75) is 45.6 Å². The van der Waals surface area contributed by atoms with Gasteiger partial charge in [0, 0.05) is 41.2 Å². The van der Waals surface area contributed by atoms with Gasteiger partial charge in [-0.3, -0.25) is 0 Å². The van der Waals surface area contributed by atoms with Gasteiger partial charge < -0.3 is 19.5 Å². The predicted octanol–water partition coefficient (Wildman–Crippen LogP) is 3.04. The second-order valence-electron chi connectivity index (χ2n) is 6.11. The van der Waals surface area contributed by atoms with E-state index in [1.165, 1.54) is 27.0 Å². The molecule has 3 rings (SSSR count). The van der Waals surface area contributed by atoms with Crippen LogP contribution in [0.3, 0.4) is 0 Å². The van der Waals surface area contributed by atoms with E-state index in [1.807, 2.05) is 0 Å². The van der Waals surface area contributed by atoms with Crippen molar-refractivity contribution in [1.29, 1.82) is 0 Å². The number of likely N-dealkylation sites (N-methyl/N-ethyl adjacent to an activating group) is 1. The molecule has 0 saturated carbocycles. The quantitative estimate of drug-likeness (QED) is 0.891. The molecule has 3 heterocycles. The second kappa shape index (κ2) is 6.54. The number of nitrogens with zero attached hydrogens (tertiary/aromatic N) is 4. The number of carbonyl (C=O) groups excluding carboxylic acids is 1. The molecule has 7 nitrogen and oxygen atoms in total. The lowest BCUT2D eigenvalue weighted by molar-refractivity contribution is 0.0165. The monoisotopic (exact) mass is 360 g/mol. The van der Waals surface area contributed by atoms with Crippen molar-refractivity contribution in [3.05, 3.63) is 18.6 Å². The summed E-state index contributed by atoms with van der Waals surface area (Å²) in [6.07, 6.45) is -5.72. The molecule has 1 aliphatic heterocycles. The molecule has 1 fully saturated rings. The predicted molar refractivity (Wildman–Crippen MR) is 97.7 cm³/mol. The second-order valence-corrected chi connectivity index (χ2v) is 6.11. The number of likely N-dealkylation sites (tertiary alicyclic amines) is 1. The van der Waals surface area contributed by atoms with E-state index in [1.54, 1.807) is 0 Å². The van der Waals surface area contributed by atoms with E-state index in [4.69, 9.17) is 23.9 Å². The fourth-order valence-electron chi connectivity index (χ4n) is 2.01. The van der Waals surface area contributed by atoms with Crippen molar-refractivity contribution < 1.29 is 30.1 Å². The maximum atomic E-state index is 13.3. The summed E-state index contributed by atoms with van der Waals surface area (Å²) in [5.74, 6) is -5.25. The van der Waals surface area contributed by atoms with Crippen molar-refractivity contribution >= 4 is 22.9 Å². The number of hydrogen-bond donors (Lipinski definition) is 1. The molecule has 7 heteroatoms. The Morgan fingerprint density at radius 3 is 3.16 bits per heavy atom. The molecule has 25 heavy (non-hydrogen) atoms. The van der Waals surface area contributed by atoms with Gasteiger partial charge in [-0.15, -0.1) is 0 Å². The van der Waals surface area contributed by atoms with Gasteiger partial charge in [0.2, 0.25) is 0 Å². The maximum absolute atomic E-state index is 13.3. The van der Waals surface area contributed by atoms with Gasteiger partial charge in [-0.2, -0.15) is 0 Å². The number of piperidine rings is 1. The molecular weight excluding hydrogens is 318 g/mol. The molecule has 1 N–H and O–H groups in total. The summed E-state index contributed by atoms with van der Waals surface area (Å²) in [7, 11) is 0. The van der Waals surface area contributed by atoms with Gasteiger partial charge in [-0.25, -0.2) is 14.8 Å². The summed E-state index contributed by atoms with van der Waals surface area (Å²) in [6.45, 7) is -12.1. The lowest BCUT2D eigenvalue weighted by Gasteiger charge is -2.42. The molecule has 136 valence electrons. The summed E-state index contributed by atoms with van der Waals surface area (Å²) in [5, 5.41) is -0.277. The van der Waals surface area contributed by atoms with Gasteiger partial charge in [0.1, 0.15) is 24.7 Å². The number of hydrogen-bond acceptors (Lipinski definition) is 5. The minimum Gasteiger partial charge on any atom is -0.444 e. The molecule has 0 spiro atoms. The SMILES string of the molecule is [2H]c1nc(N(C([2H])([2H])[2H])C2([2H])C([2H])([2H])N(C(=O)OC(C)(C)C)C([2H])([2H])C([2H])([2H])C2([2H])C([2H])([2H])[2H])c2cc[nH]c2n1. The highest BCUT2D eigenvalue weighted by atomic mass is 16.6. The Bertz CT molecular complexity index is 1320. The molecule has 1 amide bonds. The van der Waals surface area contributed by atoms with Crippen molar-refractivity contribution in [3.8, 4) is 0 Å². The first-order valence-corrected chi connectivity index (χ1v) is 7.26. The molecule has 0 aliphatic carbocycles. The number of H-pyrrole nitrogens is 1. The Labute approximate surface area is 169 Å². The van der Waals surface area contributed by atoms with Crippen LogP contribution in [0.15, 0.2) is 18.6 Å². The normalized spacial score (nSPS) is 43.2. The Balaban J connectivity index is 2.60. The topological polar surface area (TPSA) is 74.3 Å². The van der Waals surface area contributed by atoms with Crippen molar-refractivity contribution in [3.63, 3.8) is 0 Å². The molecule has 1 saturated heterocycles. The number of aromatic nitrogens is 3. The van der Waals surface area contributed by atoms with Crippen molar-refractivity contribution in [2.24, 2.45) is 5.89 Å². The molecular formula is C18H27N5O2. The van der Waals surface area contributed by atoms with E-state index in [0.717, 1.165) is 6.07 Å². The van der Waals surface area contributed by atoms with Crippen molar-refractivity contribution in [1.82, 2.24) is 19.9 Å². The fraction of sp³-hybridized carbons (Fsp3) is 0.611. The number of ether oxygens (including phenoxy) is 1. The molecule has 0 aromatic carbocycles. The van der Waals surface area contributed by atoms with Crippen LogP contribution >= 0.6 is 0 Å². The Morgan fingerprint density at radius 1 is 1.60 bits per heavy atom. The van der Waals surface area contributed by atoms with Gasteiger partial charge in [0.05, 0.1) is 15.5 Å².